The highest BCUT2D eigenvalue weighted by Crippen LogP contribution is 2.32. The Hall–Kier alpha value is -2.11. The van der Waals surface area contributed by atoms with Crippen LogP contribution >= 0.6 is 23.2 Å². The smallest absolute Gasteiger partial charge is 0.339 e. The maximum absolute atomic E-state index is 12.0. The number of carboxylic acid groups (broad SMARTS) is 1. The Morgan fingerprint density at radius 1 is 1.10 bits per heavy atom. The molecule has 0 bridgehead atoms. The molecule has 0 aliphatic carbocycles. The molecule has 0 atom stereocenters. The van der Waals surface area contributed by atoms with Crippen molar-refractivity contribution in [1.82, 2.24) is 4.98 Å². The van der Waals surface area contributed by atoms with Gasteiger partial charge in [0.15, 0.2) is 0 Å². The third kappa shape index (κ3) is 2.89. The lowest BCUT2D eigenvalue weighted by Crippen LogP contribution is -2.16. The summed E-state index contributed by atoms with van der Waals surface area (Å²) in [7, 11) is 0. The van der Waals surface area contributed by atoms with Gasteiger partial charge in [0.25, 0.3) is 5.91 Å². The largest absolute Gasteiger partial charge is 0.478 e. The minimum atomic E-state index is -1.28. The average molecular weight is 311 g/mol. The van der Waals surface area contributed by atoms with Crippen LogP contribution in [-0.4, -0.2) is 22.0 Å². The summed E-state index contributed by atoms with van der Waals surface area (Å²) < 4.78 is 0. The topological polar surface area (TPSA) is 79.3 Å². The minimum absolute atomic E-state index is 0.0155. The molecule has 20 heavy (non-hydrogen) atoms. The number of carboxylic acids is 1. The first-order valence-electron chi connectivity index (χ1n) is 5.44. The van der Waals surface area contributed by atoms with Crippen LogP contribution in [0.1, 0.15) is 20.8 Å². The molecule has 7 heteroatoms. The van der Waals surface area contributed by atoms with Gasteiger partial charge < -0.3 is 10.4 Å². The van der Waals surface area contributed by atoms with Crippen molar-refractivity contribution in [3.8, 4) is 0 Å². The number of hydrogen-bond acceptors (Lipinski definition) is 3. The van der Waals surface area contributed by atoms with Gasteiger partial charge in [0.05, 0.1) is 15.7 Å². The highest BCUT2D eigenvalue weighted by atomic mass is 35.5. The van der Waals surface area contributed by atoms with Crippen molar-refractivity contribution in [2.75, 3.05) is 5.32 Å². The fourth-order valence-corrected chi connectivity index (χ4v) is 2.00. The number of carbonyl (C=O) groups excluding carboxylic acids is 1. The molecule has 0 radical (unpaired) electrons. The van der Waals surface area contributed by atoms with Crippen LogP contribution in [0.25, 0.3) is 0 Å². The van der Waals surface area contributed by atoms with Gasteiger partial charge in [-0.2, -0.15) is 0 Å². The summed E-state index contributed by atoms with van der Waals surface area (Å²) >= 11 is 11.7. The number of hydrogen-bond donors (Lipinski definition) is 2. The molecular formula is C13H8Cl2N2O3. The van der Waals surface area contributed by atoms with E-state index in [1.54, 1.807) is 12.1 Å². The first-order chi connectivity index (χ1) is 9.50. The average Bonchev–Trinajstić information content (AvgIpc) is 2.43. The van der Waals surface area contributed by atoms with Crippen LogP contribution in [0.2, 0.25) is 10.0 Å². The Morgan fingerprint density at radius 3 is 2.40 bits per heavy atom. The molecule has 2 rings (SSSR count). The molecule has 0 saturated carbocycles. The Kier molecular flexibility index (Phi) is 4.22. The molecule has 1 aromatic carbocycles. The zero-order valence-corrected chi connectivity index (χ0v) is 11.4. The van der Waals surface area contributed by atoms with Crippen molar-refractivity contribution in [3.05, 3.63) is 57.8 Å². The molecule has 5 nitrogen and oxygen atoms in total. The van der Waals surface area contributed by atoms with E-state index in [0.717, 1.165) is 0 Å². The molecule has 0 aliphatic heterocycles. The lowest BCUT2D eigenvalue weighted by molar-refractivity contribution is 0.0698. The lowest BCUT2D eigenvalue weighted by Gasteiger charge is -2.11. The van der Waals surface area contributed by atoms with E-state index in [1.165, 1.54) is 24.4 Å². The zero-order chi connectivity index (χ0) is 14.7. The standard InChI is InChI=1S/C13H8Cl2N2O3/c14-7-4-5-8(15)11(10(7)13(19)20)17-12(18)9-3-1-2-6-16-9/h1-6H,(H,17,18)(H,19,20). The van der Waals surface area contributed by atoms with Crippen molar-refractivity contribution in [2.24, 2.45) is 0 Å². The SMILES string of the molecule is O=C(Nc1c(Cl)ccc(Cl)c1C(=O)O)c1ccccn1. The van der Waals surface area contributed by atoms with Crippen LogP contribution in [0.4, 0.5) is 5.69 Å². The normalized spacial score (nSPS) is 10.1. The van der Waals surface area contributed by atoms with Gasteiger partial charge >= 0.3 is 5.97 Å². The summed E-state index contributed by atoms with van der Waals surface area (Å²) in [6, 6.07) is 7.55. The third-order valence-electron chi connectivity index (χ3n) is 2.45. The van der Waals surface area contributed by atoms with Crippen molar-refractivity contribution in [3.63, 3.8) is 0 Å². The molecule has 0 fully saturated rings. The van der Waals surface area contributed by atoms with Gasteiger partial charge in [0.1, 0.15) is 11.3 Å². The van der Waals surface area contributed by atoms with Crippen LogP contribution in [0.5, 0.6) is 0 Å². The number of amides is 1. The maximum atomic E-state index is 12.0. The number of benzene rings is 1. The molecule has 0 unspecified atom stereocenters. The number of pyridine rings is 1. The fraction of sp³-hybridized carbons (Fsp3) is 0. The highest BCUT2D eigenvalue weighted by molar-refractivity contribution is 6.38. The van der Waals surface area contributed by atoms with E-state index >= 15 is 0 Å². The number of rotatable bonds is 3. The quantitative estimate of drug-likeness (QED) is 0.911. The van der Waals surface area contributed by atoms with Gasteiger partial charge in [-0.3, -0.25) is 9.78 Å². The monoisotopic (exact) mass is 310 g/mol. The van der Waals surface area contributed by atoms with E-state index in [0.29, 0.717) is 0 Å². The number of anilines is 1. The van der Waals surface area contributed by atoms with Crippen LogP contribution < -0.4 is 5.32 Å². The number of nitrogens with one attached hydrogen (secondary N) is 1. The summed E-state index contributed by atoms with van der Waals surface area (Å²) in [4.78, 5) is 27.1. The summed E-state index contributed by atoms with van der Waals surface area (Å²) in [6.45, 7) is 0. The van der Waals surface area contributed by atoms with E-state index in [4.69, 9.17) is 28.3 Å². The Morgan fingerprint density at radius 2 is 1.80 bits per heavy atom. The van der Waals surface area contributed by atoms with Crippen LogP contribution in [0.15, 0.2) is 36.5 Å². The van der Waals surface area contributed by atoms with Crippen LogP contribution in [0, 0.1) is 0 Å². The van der Waals surface area contributed by atoms with E-state index < -0.39 is 11.9 Å². The number of nitrogens with zero attached hydrogens (tertiary/aromatic N) is 1. The molecule has 1 heterocycles. The first-order valence-corrected chi connectivity index (χ1v) is 6.20. The summed E-state index contributed by atoms with van der Waals surface area (Å²) in [5, 5.41) is 11.6. The van der Waals surface area contributed by atoms with Crippen molar-refractivity contribution in [2.45, 2.75) is 0 Å². The first kappa shape index (κ1) is 14.3. The predicted octanol–water partition coefficient (Wildman–Crippen LogP) is 3.34. The van der Waals surface area contributed by atoms with Crippen molar-refractivity contribution >= 4 is 40.8 Å². The second-order valence-corrected chi connectivity index (χ2v) is 4.57. The molecule has 2 aromatic rings. The maximum Gasteiger partial charge on any atom is 0.339 e. The number of aromatic carboxylic acids is 1. The third-order valence-corrected chi connectivity index (χ3v) is 3.08. The van der Waals surface area contributed by atoms with Crippen LogP contribution in [-0.2, 0) is 0 Å². The van der Waals surface area contributed by atoms with Crippen molar-refractivity contribution < 1.29 is 14.7 Å². The summed E-state index contributed by atoms with van der Waals surface area (Å²) in [5.74, 6) is -1.86. The highest BCUT2D eigenvalue weighted by Gasteiger charge is 2.20. The van der Waals surface area contributed by atoms with Gasteiger partial charge in [-0.25, -0.2) is 4.79 Å². The molecule has 2 N–H and O–H groups in total. The van der Waals surface area contributed by atoms with Gasteiger partial charge in [-0.15, -0.1) is 0 Å². The second kappa shape index (κ2) is 5.90. The van der Waals surface area contributed by atoms with Gasteiger partial charge in [0.2, 0.25) is 0 Å². The summed E-state index contributed by atoms with van der Waals surface area (Å²) in [5.41, 5.74) is -0.175. The Labute approximate surface area is 124 Å². The lowest BCUT2D eigenvalue weighted by atomic mass is 10.1. The van der Waals surface area contributed by atoms with Gasteiger partial charge in [0, 0.05) is 6.20 Å². The second-order valence-electron chi connectivity index (χ2n) is 3.75. The van der Waals surface area contributed by atoms with Crippen LogP contribution in [0.3, 0.4) is 0 Å². The Bertz CT molecular complexity index is 675. The number of aromatic nitrogens is 1. The van der Waals surface area contributed by atoms with Crippen molar-refractivity contribution in [1.29, 1.82) is 0 Å². The van der Waals surface area contributed by atoms with E-state index in [2.05, 4.69) is 10.3 Å². The van der Waals surface area contributed by atoms with E-state index in [1.807, 2.05) is 0 Å². The molecule has 102 valence electrons. The summed E-state index contributed by atoms with van der Waals surface area (Å²) in [6.07, 6.45) is 1.45. The van der Waals surface area contributed by atoms with Gasteiger partial charge in [-0.1, -0.05) is 29.3 Å². The Balaban J connectivity index is 2.41. The molecular weight excluding hydrogens is 303 g/mol. The molecule has 0 aliphatic rings. The van der Waals surface area contributed by atoms with E-state index in [-0.39, 0.29) is 27.0 Å². The van der Waals surface area contributed by atoms with E-state index in [9.17, 15) is 9.59 Å². The minimum Gasteiger partial charge on any atom is -0.478 e. The molecule has 0 saturated heterocycles. The number of halogens is 2. The molecule has 1 amide bonds. The molecule has 0 spiro atoms. The molecule has 1 aromatic heterocycles. The number of carbonyl (C=O) groups is 2. The fourth-order valence-electron chi connectivity index (χ4n) is 1.56. The zero-order valence-electron chi connectivity index (χ0n) is 9.93. The predicted molar refractivity (Wildman–Crippen MR) is 75.6 cm³/mol. The van der Waals surface area contributed by atoms with Gasteiger partial charge in [-0.05, 0) is 24.3 Å².